The van der Waals surface area contributed by atoms with Gasteiger partial charge in [-0.3, -0.25) is 4.57 Å². The van der Waals surface area contributed by atoms with Crippen LogP contribution in [0, 0.1) is 6.92 Å². The molecular weight excluding hydrogens is 319 g/mol. The van der Waals surface area contributed by atoms with Gasteiger partial charge in [0.2, 0.25) is 0 Å². The molecule has 2 atom stereocenters. The number of hydrogen-bond acceptors (Lipinski definition) is 5. The molecule has 9 heteroatoms. The van der Waals surface area contributed by atoms with E-state index in [1.54, 1.807) is 6.33 Å². The quantitative estimate of drug-likeness (QED) is 0.586. The fraction of sp³-hybridized carbons (Fsp3) is 0.357. The highest BCUT2D eigenvalue weighted by atomic mass is 31.2. The van der Waals surface area contributed by atoms with E-state index in [1.807, 2.05) is 18.4 Å². The second-order valence-corrected chi connectivity index (χ2v) is 6.74. The number of aromatic nitrogens is 4. The molecule has 0 spiro atoms. The second kappa shape index (κ2) is 6.72. The van der Waals surface area contributed by atoms with Crippen molar-refractivity contribution >= 4 is 18.8 Å². The first-order valence-corrected chi connectivity index (χ1v) is 8.66. The minimum atomic E-state index is -4.26. The second-order valence-electron chi connectivity index (χ2n) is 5.15. The van der Waals surface area contributed by atoms with Crippen LogP contribution in [0.3, 0.4) is 0 Å². The Morgan fingerprint density at radius 2 is 2.17 bits per heavy atom. The Labute approximate surface area is 133 Å². The molecule has 2 aromatic rings. The van der Waals surface area contributed by atoms with Crippen LogP contribution in [-0.4, -0.2) is 41.8 Å². The number of fused-ring (bicyclic) bond motifs is 1. The SMILES string of the molecule is C=C[C@H](OCP(=O)(O)O)C(=C)[C@@H](C)n1cnc2c(C)ncnc21. The van der Waals surface area contributed by atoms with Crippen LogP contribution < -0.4 is 0 Å². The maximum absolute atomic E-state index is 11.0. The molecule has 2 heterocycles. The van der Waals surface area contributed by atoms with E-state index >= 15 is 0 Å². The summed E-state index contributed by atoms with van der Waals surface area (Å²) in [6.07, 6.45) is 3.15. The van der Waals surface area contributed by atoms with Crippen molar-refractivity contribution in [2.45, 2.75) is 26.0 Å². The molecule has 0 bridgehead atoms. The van der Waals surface area contributed by atoms with E-state index < -0.39 is 20.0 Å². The highest BCUT2D eigenvalue weighted by molar-refractivity contribution is 7.51. The van der Waals surface area contributed by atoms with Crippen molar-refractivity contribution in [1.82, 2.24) is 19.5 Å². The first kappa shape index (κ1) is 17.5. The smallest absolute Gasteiger partial charge is 0.351 e. The van der Waals surface area contributed by atoms with Crippen LogP contribution in [0.25, 0.3) is 11.2 Å². The number of nitrogens with zero attached hydrogens (tertiary/aromatic N) is 4. The Hall–Kier alpha value is -1.86. The van der Waals surface area contributed by atoms with Gasteiger partial charge in [0.1, 0.15) is 18.2 Å². The van der Waals surface area contributed by atoms with Gasteiger partial charge in [0.05, 0.1) is 24.2 Å². The van der Waals surface area contributed by atoms with E-state index in [-0.39, 0.29) is 6.04 Å². The average Bonchev–Trinajstić information content (AvgIpc) is 2.91. The molecule has 23 heavy (non-hydrogen) atoms. The first-order chi connectivity index (χ1) is 10.7. The maximum Gasteiger partial charge on any atom is 0.351 e. The predicted molar refractivity (Wildman–Crippen MR) is 85.9 cm³/mol. The largest absolute Gasteiger partial charge is 0.357 e. The van der Waals surface area contributed by atoms with Crippen LogP contribution in [0.1, 0.15) is 18.7 Å². The third kappa shape index (κ3) is 3.92. The highest BCUT2D eigenvalue weighted by Gasteiger charge is 2.23. The van der Waals surface area contributed by atoms with Gasteiger partial charge in [0.25, 0.3) is 0 Å². The monoisotopic (exact) mass is 338 g/mol. The van der Waals surface area contributed by atoms with Gasteiger partial charge in [-0.15, -0.1) is 6.58 Å². The van der Waals surface area contributed by atoms with E-state index in [9.17, 15) is 4.57 Å². The lowest BCUT2D eigenvalue weighted by Crippen LogP contribution is -2.20. The van der Waals surface area contributed by atoms with Gasteiger partial charge in [0, 0.05) is 0 Å². The van der Waals surface area contributed by atoms with Crippen LogP contribution in [0.2, 0.25) is 0 Å². The molecule has 0 aromatic carbocycles. The average molecular weight is 338 g/mol. The van der Waals surface area contributed by atoms with Crippen molar-refractivity contribution in [3.8, 4) is 0 Å². The zero-order valence-corrected chi connectivity index (χ0v) is 13.8. The fourth-order valence-corrected chi connectivity index (χ4v) is 2.53. The number of rotatable bonds is 7. The van der Waals surface area contributed by atoms with Gasteiger partial charge in [-0.05, 0) is 19.4 Å². The zero-order chi connectivity index (χ0) is 17.2. The topological polar surface area (TPSA) is 110 Å². The molecule has 2 rings (SSSR count). The standard InChI is InChI=1S/C14H19N4O4P/c1-5-12(22-8-23(19,20)21)9(2)11(4)18-7-17-13-10(3)15-6-16-14(13)18/h5-7,11-12H,1-2,8H2,3-4H3,(H2,19,20,21)/t11-,12+/m1/s1. The van der Waals surface area contributed by atoms with Gasteiger partial charge in [0.15, 0.2) is 5.65 Å². The van der Waals surface area contributed by atoms with Crippen LogP contribution in [0.4, 0.5) is 0 Å². The maximum atomic E-state index is 11.0. The molecule has 0 saturated heterocycles. The van der Waals surface area contributed by atoms with Crippen molar-refractivity contribution in [1.29, 1.82) is 0 Å². The molecule has 2 aromatic heterocycles. The summed E-state index contributed by atoms with van der Waals surface area (Å²) in [6, 6.07) is -0.255. The molecule has 0 fully saturated rings. The Morgan fingerprint density at radius 3 is 2.78 bits per heavy atom. The summed E-state index contributed by atoms with van der Waals surface area (Å²) in [6.45, 7) is 11.3. The normalized spacial score (nSPS) is 14.6. The zero-order valence-electron chi connectivity index (χ0n) is 13.0. The lowest BCUT2D eigenvalue weighted by molar-refractivity contribution is 0.126. The summed E-state index contributed by atoms with van der Waals surface area (Å²) in [5.74, 6) is 0. The number of aryl methyl sites for hydroxylation is 1. The molecule has 124 valence electrons. The first-order valence-electron chi connectivity index (χ1n) is 6.86. The summed E-state index contributed by atoms with van der Waals surface area (Å²) in [5.41, 5.74) is 2.70. The molecule has 2 N–H and O–H groups in total. The lowest BCUT2D eigenvalue weighted by Gasteiger charge is -2.23. The number of hydrogen-bond donors (Lipinski definition) is 2. The number of imidazole rings is 1. The summed E-state index contributed by atoms with van der Waals surface area (Å²) < 4.78 is 18.0. The Kier molecular flexibility index (Phi) is 5.11. The van der Waals surface area contributed by atoms with E-state index in [0.29, 0.717) is 16.7 Å². The van der Waals surface area contributed by atoms with Crippen molar-refractivity contribution in [3.63, 3.8) is 0 Å². The van der Waals surface area contributed by atoms with Crippen molar-refractivity contribution < 1.29 is 19.1 Å². The van der Waals surface area contributed by atoms with Crippen molar-refractivity contribution in [2.75, 3.05) is 6.35 Å². The van der Waals surface area contributed by atoms with Gasteiger partial charge in [-0.2, -0.15) is 0 Å². The molecular formula is C14H19N4O4P. The Balaban J connectivity index is 2.25. The Morgan fingerprint density at radius 1 is 1.48 bits per heavy atom. The van der Waals surface area contributed by atoms with E-state index in [4.69, 9.17) is 14.5 Å². The molecule has 0 aliphatic carbocycles. The molecule has 0 unspecified atom stereocenters. The van der Waals surface area contributed by atoms with E-state index in [0.717, 1.165) is 5.69 Å². The third-order valence-electron chi connectivity index (χ3n) is 3.50. The molecule has 0 amide bonds. The van der Waals surface area contributed by atoms with Crippen LogP contribution >= 0.6 is 7.60 Å². The minimum Gasteiger partial charge on any atom is -0.357 e. The van der Waals surface area contributed by atoms with Crippen molar-refractivity contribution in [2.24, 2.45) is 0 Å². The third-order valence-corrected chi connectivity index (χ3v) is 3.98. The lowest BCUT2D eigenvalue weighted by atomic mass is 10.0. The van der Waals surface area contributed by atoms with Gasteiger partial charge in [-0.1, -0.05) is 12.7 Å². The van der Waals surface area contributed by atoms with E-state index in [1.165, 1.54) is 12.4 Å². The summed E-state index contributed by atoms with van der Waals surface area (Å²) in [7, 11) is -4.26. The van der Waals surface area contributed by atoms with Gasteiger partial charge >= 0.3 is 7.60 Å². The Bertz CT molecular complexity index is 782. The molecule has 0 saturated carbocycles. The van der Waals surface area contributed by atoms with E-state index in [2.05, 4.69) is 28.1 Å². The van der Waals surface area contributed by atoms with Crippen LogP contribution in [-0.2, 0) is 9.30 Å². The van der Waals surface area contributed by atoms with Crippen molar-refractivity contribution in [3.05, 3.63) is 43.2 Å². The van der Waals surface area contributed by atoms with Crippen LogP contribution in [0.5, 0.6) is 0 Å². The van der Waals surface area contributed by atoms with Crippen LogP contribution in [0.15, 0.2) is 37.5 Å². The minimum absolute atomic E-state index is 0.255. The highest BCUT2D eigenvalue weighted by Crippen LogP contribution is 2.36. The van der Waals surface area contributed by atoms with Gasteiger partial charge < -0.3 is 19.1 Å². The number of ether oxygens (including phenoxy) is 1. The fourth-order valence-electron chi connectivity index (χ4n) is 2.17. The molecule has 0 aliphatic rings. The summed E-state index contributed by atoms with van der Waals surface area (Å²) in [5, 5.41) is 0. The molecule has 0 aliphatic heterocycles. The predicted octanol–water partition coefficient (Wildman–Crippen LogP) is 1.96. The van der Waals surface area contributed by atoms with Gasteiger partial charge in [-0.25, -0.2) is 15.0 Å². The summed E-state index contributed by atoms with van der Waals surface area (Å²) in [4.78, 5) is 30.5. The summed E-state index contributed by atoms with van der Waals surface area (Å²) >= 11 is 0. The molecule has 0 radical (unpaired) electrons. The molecule has 8 nitrogen and oxygen atoms in total.